The smallest absolute Gasteiger partial charge is 0.433 e. The van der Waals surface area contributed by atoms with Crippen LogP contribution in [0.15, 0.2) is 33.8 Å². The van der Waals surface area contributed by atoms with Gasteiger partial charge < -0.3 is 19.0 Å². The number of carbonyl (C=O) groups is 1. The molecule has 0 bridgehead atoms. The average Bonchev–Trinajstić information content (AvgIpc) is 3.04. The number of nitrogens with one attached hydrogen (secondary N) is 1. The summed E-state index contributed by atoms with van der Waals surface area (Å²) in [6.45, 7) is 0. The summed E-state index contributed by atoms with van der Waals surface area (Å²) in [5.74, 6) is -1.05. The number of carbonyl (C=O) groups excluding carboxylic acids is 1. The Morgan fingerprint density at radius 3 is 2.46 bits per heavy atom. The van der Waals surface area contributed by atoms with Crippen molar-refractivity contribution in [2.45, 2.75) is 0 Å². The van der Waals surface area contributed by atoms with E-state index in [1.54, 1.807) is 0 Å². The molecule has 10 heteroatoms. The van der Waals surface area contributed by atoms with Crippen LogP contribution in [-0.2, 0) is 0 Å². The summed E-state index contributed by atoms with van der Waals surface area (Å²) in [5, 5.41) is 23.9. The van der Waals surface area contributed by atoms with Gasteiger partial charge in [-0.05, 0) is 18.2 Å². The number of phenols is 1. The number of furan rings is 1. The van der Waals surface area contributed by atoms with E-state index in [1.165, 1.54) is 38.5 Å². The summed E-state index contributed by atoms with van der Waals surface area (Å²) in [5.41, 5.74) is 2.34. The molecule has 2 N–H and O–H groups in total. The Bertz CT molecular complexity index is 772. The molecule has 0 saturated carbocycles. The van der Waals surface area contributed by atoms with Gasteiger partial charge in [-0.2, -0.15) is 5.10 Å². The number of rotatable bonds is 6. The van der Waals surface area contributed by atoms with E-state index < -0.39 is 16.7 Å². The van der Waals surface area contributed by atoms with Crippen molar-refractivity contribution in [1.82, 2.24) is 5.43 Å². The Kier molecular flexibility index (Phi) is 5.00. The van der Waals surface area contributed by atoms with Gasteiger partial charge in [-0.15, -0.1) is 0 Å². The van der Waals surface area contributed by atoms with E-state index in [1.807, 2.05) is 0 Å². The van der Waals surface area contributed by atoms with Crippen molar-refractivity contribution >= 4 is 18.0 Å². The molecule has 1 aromatic heterocycles. The van der Waals surface area contributed by atoms with Crippen LogP contribution in [0.1, 0.15) is 16.1 Å². The predicted octanol–water partition coefficient (Wildman–Crippen LogP) is 1.67. The zero-order chi connectivity index (χ0) is 17.7. The molecule has 0 aliphatic rings. The minimum Gasteiger partial charge on any atom is -0.502 e. The van der Waals surface area contributed by atoms with Crippen LogP contribution in [0.3, 0.4) is 0 Å². The van der Waals surface area contributed by atoms with Crippen molar-refractivity contribution in [3.05, 3.63) is 45.7 Å². The predicted molar refractivity (Wildman–Crippen MR) is 81.6 cm³/mol. The Hall–Kier alpha value is -3.56. The molecule has 1 aromatic carbocycles. The first kappa shape index (κ1) is 16.8. The number of phenolic OH excluding ortho intramolecular Hbond substituents is 1. The van der Waals surface area contributed by atoms with Crippen molar-refractivity contribution in [1.29, 1.82) is 0 Å². The zero-order valence-electron chi connectivity index (χ0n) is 12.7. The molecule has 0 atom stereocenters. The van der Waals surface area contributed by atoms with Crippen LogP contribution in [0.2, 0.25) is 0 Å². The summed E-state index contributed by atoms with van der Waals surface area (Å²) < 4.78 is 14.7. The second-order valence-electron chi connectivity index (χ2n) is 4.36. The normalized spacial score (nSPS) is 10.6. The zero-order valence-corrected chi connectivity index (χ0v) is 12.7. The Balaban J connectivity index is 2.11. The van der Waals surface area contributed by atoms with Gasteiger partial charge in [0.05, 0.1) is 26.5 Å². The van der Waals surface area contributed by atoms with Crippen LogP contribution in [0.25, 0.3) is 0 Å². The molecule has 0 saturated heterocycles. The topological polar surface area (TPSA) is 136 Å². The number of benzene rings is 1. The van der Waals surface area contributed by atoms with E-state index in [4.69, 9.17) is 13.9 Å². The first-order chi connectivity index (χ1) is 11.5. The Labute approximate surface area is 135 Å². The van der Waals surface area contributed by atoms with Gasteiger partial charge >= 0.3 is 5.88 Å². The molecule has 24 heavy (non-hydrogen) atoms. The molecule has 2 rings (SSSR count). The number of nitrogens with zero attached hydrogens (tertiary/aromatic N) is 2. The monoisotopic (exact) mass is 335 g/mol. The molecule has 1 amide bonds. The van der Waals surface area contributed by atoms with Gasteiger partial charge in [-0.3, -0.25) is 14.9 Å². The third kappa shape index (κ3) is 3.61. The fourth-order valence-electron chi connectivity index (χ4n) is 1.75. The lowest BCUT2D eigenvalue weighted by Crippen LogP contribution is -2.17. The van der Waals surface area contributed by atoms with Gasteiger partial charge in [0.2, 0.25) is 5.75 Å². The van der Waals surface area contributed by atoms with E-state index in [0.29, 0.717) is 0 Å². The molecule has 0 fully saturated rings. The summed E-state index contributed by atoms with van der Waals surface area (Å²) in [6.07, 6.45) is 1.11. The highest BCUT2D eigenvalue weighted by atomic mass is 16.6. The lowest BCUT2D eigenvalue weighted by Gasteiger charge is -2.10. The van der Waals surface area contributed by atoms with Gasteiger partial charge in [0, 0.05) is 5.56 Å². The summed E-state index contributed by atoms with van der Waals surface area (Å²) in [7, 11) is 2.66. The first-order valence-electron chi connectivity index (χ1n) is 6.49. The molecule has 0 unspecified atom stereocenters. The molecule has 0 aliphatic carbocycles. The second-order valence-corrected chi connectivity index (χ2v) is 4.36. The van der Waals surface area contributed by atoms with E-state index >= 15 is 0 Å². The van der Waals surface area contributed by atoms with Crippen molar-refractivity contribution in [2.24, 2.45) is 5.10 Å². The maximum atomic E-state index is 12.0. The van der Waals surface area contributed by atoms with Gasteiger partial charge in [0.15, 0.2) is 17.3 Å². The molecule has 2 aromatic rings. The van der Waals surface area contributed by atoms with Crippen LogP contribution in [0.5, 0.6) is 17.2 Å². The largest absolute Gasteiger partial charge is 0.502 e. The number of ether oxygens (including phenoxy) is 2. The third-order valence-electron chi connectivity index (χ3n) is 2.89. The van der Waals surface area contributed by atoms with Gasteiger partial charge in [0.25, 0.3) is 5.91 Å². The van der Waals surface area contributed by atoms with Crippen LogP contribution in [0.4, 0.5) is 5.88 Å². The molecule has 0 spiro atoms. The first-order valence-corrected chi connectivity index (χ1v) is 6.49. The molecular formula is C14H13N3O7. The summed E-state index contributed by atoms with van der Waals surface area (Å²) in [6, 6.07) is 5.11. The summed E-state index contributed by atoms with van der Waals surface area (Å²) in [4.78, 5) is 21.8. The highest BCUT2D eigenvalue weighted by Gasteiger charge is 2.15. The average molecular weight is 335 g/mol. The number of aromatic hydroxyl groups is 1. The van der Waals surface area contributed by atoms with E-state index in [-0.39, 0.29) is 28.6 Å². The van der Waals surface area contributed by atoms with Gasteiger partial charge in [0.1, 0.15) is 4.92 Å². The third-order valence-corrected chi connectivity index (χ3v) is 2.89. The van der Waals surface area contributed by atoms with Crippen molar-refractivity contribution in [2.75, 3.05) is 14.2 Å². The minimum absolute atomic E-state index is 0.0603. The molecule has 1 heterocycles. The number of hydrogen-bond donors (Lipinski definition) is 2. The maximum Gasteiger partial charge on any atom is 0.433 e. The van der Waals surface area contributed by atoms with Crippen LogP contribution in [-0.4, -0.2) is 36.4 Å². The Morgan fingerprint density at radius 2 is 1.96 bits per heavy atom. The van der Waals surface area contributed by atoms with E-state index in [0.717, 1.165) is 6.21 Å². The Morgan fingerprint density at radius 1 is 1.33 bits per heavy atom. The molecule has 0 aliphatic heterocycles. The highest BCUT2D eigenvalue weighted by molar-refractivity contribution is 5.96. The van der Waals surface area contributed by atoms with Gasteiger partial charge in [-0.25, -0.2) is 5.43 Å². The molecule has 0 radical (unpaired) electrons. The van der Waals surface area contributed by atoms with Crippen LogP contribution < -0.4 is 14.9 Å². The SMILES string of the molecule is COc1cc(C(=O)N/N=C/c2ccc([N+](=O)[O-])o2)cc(OC)c1O. The van der Waals surface area contributed by atoms with Crippen LogP contribution in [0, 0.1) is 10.1 Å². The lowest BCUT2D eigenvalue weighted by atomic mass is 10.1. The van der Waals surface area contributed by atoms with Gasteiger partial charge in [-0.1, -0.05) is 0 Å². The van der Waals surface area contributed by atoms with Crippen LogP contribution >= 0.6 is 0 Å². The fraction of sp³-hybridized carbons (Fsp3) is 0.143. The van der Waals surface area contributed by atoms with E-state index in [2.05, 4.69) is 10.5 Å². The minimum atomic E-state index is -0.690. The van der Waals surface area contributed by atoms with E-state index in [9.17, 15) is 20.0 Å². The standard InChI is InChI=1S/C14H13N3O7/c1-22-10-5-8(6-11(23-2)13(10)18)14(19)16-15-7-9-3-4-12(24-9)17(20)21/h3-7,18H,1-2H3,(H,16,19)/b15-7+. The highest BCUT2D eigenvalue weighted by Crippen LogP contribution is 2.36. The van der Waals surface area contributed by atoms with Crippen molar-refractivity contribution in [3.63, 3.8) is 0 Å². The number of hydrazone groups is 1. The maximum absolute atomic E-state index is 12.0. The number of amides is 1. The fourth-order valence-corrected chi connectivity index (χ4v) is 1.75. The quantitative estimate of drug-likeness (QED) is 0.465. The van der Waals surface area contributed by atoms with Crippen molar-refractivity contribution < 1.29 is 28.7 Å². The number of hydrogen-bond acceptors (Lipinski definition) is 8. The molecule has 126 valence electrons. The molecular weight excluding hydrogens is 322 g/mol. The number of methoxy groups -OCH3 is 2. The summed E-state index contributed by atoms with van der Waals surface area (Å²) >= 11 is 0. The second kappa shape index (κ2) is 7.13. The molecule has 10 nitrogen and oxygen atoms in total. The number of nitro groups is 1. The van der Waals surface area contributed by atoms with Crippen molar-refractivity contribution in [3.8, 4) is 17.2 Å². The lowest BCUT2D eigenvalue weighted by molar-refractivity contribution is -0.402.